The van der Waals surface area contributed by atoms with Crippen LogP contribution in [0.3, 0.4) is 0 Å². The molecule has 0 fully saturated rings. The lowest BCUT2D eigenvalue weighted by Gasteiger charge is -2.10. The molecule has 2 aromatic carbocycles. The van der Waals surface area contributed by atoms with Gasteiger partial charge in [0.25, 0.3) is 0 Å². The molecule has 0 saturated carbocycles. The lowest BCUT2D eigenvalue weighted by Crippen LogP contribution is -2.18. The monoisotopic (exact) mass is 329 g/mol. The number of aliphatic hydroxyl groups is 1. The van der Waals surface area contributed by atoms with E-state index in [4.69, 9.17) is 4.42 Å². The molecule has 0 aliphatic heterocycles. The van der Waals surface area contributed by atoms with Gasteiger partial charge in [-0.1, -0.05) is 36.1 Å². The van der Waals surface area contributed by atoms with Crippen molar-refractivity contribution in [1.29, 1.82) is 0 Å². The van der Waals surface area contributed by atoms with Crippen LogP contribution in [0.5, 0.6) is 0 Å². The van der Waals surface area contributed by atoms with Gasteiger partial charge in [0.15, 0.2) is 5.60 Å². The van der Waals surface area contributed by atoms with Crippen LogP contribution in [0.2, 0.25) is 0 Å². The molecular weight excluding hydrogens is 314 g/mol. The summed E-state index contributed by atoms with van der Waals surface area (Å²) in [4.78, 5) is 3.96. The molecule has 4 rings (SSSR count). The number of hydrogen-bond acceptors (Lipinski definition) is 4. The van der Waals surface area contributed by atoms with E-state index in [1.54, 1.807) is 6.92 Å². The van der Waals surface area contributed by atoms with E-state index < -0.39 is 5.60 Å². The highest BCUT2D eigenvalue weighted by atomic mass is 16.4. The summed E-state index contributed by atoms with van der Waals surface area (Å²) in [5.74, 6) is 5.96. The van der Waals surface area contributed by atoms with Crippen molar-refractivity contribution in [1.82, 2.24) is 14.8 Å². The molecule has 2 heterocycles. The molecule has 122 valence electrons. The van der Waals surface area contributed by atoms with Crippen molar-refractivity contribution in [2.75, 3.05) is 0 Å². The third-order valence-corrected chi connectivity index (χ3v) is 3.87. The Kier molecular flexibility index (Phi) is 3.60. The number of benzene rings is 2. The van der Waals surface area contributed by atoms with E-state index in [-0.39, 0.29) is 5.89 Å². The van der Waals surface area contributed by atoms with Crippen LogP contribution < -0.4 is 0 Å². The summed E-state index contributed by atoms with van der Waals surface area (Å²) < 4.78 is 7.01. The maximum absolute atomic E-state index is 10.4. The Morgan fingerprint density at radius 2 is 2.04 bits per heavy atom. The summed E-state index contributed by atoms with van der Waals surface area (Å²) >= 11 is 0. The Balaban J connectivity index is 1.71. The Bertz CT molecular complexity index is 1080. The van der Waals surface area contributed by atoms with Crippen LogP contribution >= 0.6 is 0 Å². The number of para-hydroxylation sites is 1. The molecule has 0 unspecified atom stereocenters. The molecular formula is C20H15N3O2. The van der Waals surface area contributed by atoms with E-state index in [0.29, 0.717) is 0 Å². The molecule has 0 bridgehead atoms. The summed E-state index contributed by atoms with van der Waals surface area (Å²) in [6.07, 6.45) is 4.73. The standard InChI is InChI=1S/C20H15N3O2/c1-20(24,19-21-11-12-25-19)10-9-15-5-4-7-17(13-15)23-18-8-3-2-6-16(18)14-22-23/h2-8,11-14,24H,1H3/t20-/m1/s1. The van der Waals surface area contributed by atoms with Crippen molar-refractivity contribution in [2.24, 2.45) is 0 Å². The summed E-state index contributed by atoms with van der Waals surface area (Å²) in [5.41, 5.74) is 1.25. The van der Waals surface area contributed by atoms with Gasteiger partial charge in [0.1, 0.15) is 6.26 Å². The van der Waals surface area contributed by atoms with E-state index in [9.17, 15) is 5.11 Å². The number of nitrogens with zero attached hydrogens (tertiary/aromatic N) is 3. The first-order chi connectivity index (χ1) is 12.1. The molecule has 2 aromatic heterocycles. The lowest BCUT2D eigenvalue weighted by atomic mass is 10.1. The van der Waals surface area contributed by atoms with Crippen molar-refractivity contribution in [2.45, 2.75) is 12.5 Å². The minimum absolute atomic E-state index is 0.175. The van der Waals surface area contributed by atoms with Crippen molar-refractivity contribution in [3.05, 3.63) is 78.6 Å². The SMILES string of the molecule is C[C@@](O)(C#Cc1cccc(-n2ncc3ccccc32)c1)c1ncco1. The minimum atomic E-state index is -1.45. The van der Waals surface area contributed by atoms with Gasteiger partial charge in [-0.05, 0) is 31.2 Å². The van der Waals surface area contributed by atoms with Crippen molar-refractivity contribution in [3.8, 4) is 17.5 Å². The molecule has 5 heteroatoms. The first-order valence-electron chi connectivity index (χ1n) is 7.82. The molecule has 0 aliphatic rings. The number of rotatable bonds is 2. The van der Waals surface area contributed by atoms with Crippen LogP contribution in [-0.2, 0) is 5.60 Å². The van der Waals surface area contributed by atoms with Crippen molar-refractivity contribution >= 4 is 10.9 Å². The second-order valence-corrected chi connectivity index (χ2v) is 5.82. The average molecular weight is 329 g/mol. The highest BCUT2D eigenvalue weighted by Crippen LogP contribution is 2.20. The summed E-state index contributed by atoms with van der Waals surface area (Å²) in [6, 6.07) is 15.7. The third kappa shape index (κ3) is 2.91. The van der Waals surface area contributed by atoms with E-state index in [1.807, 2.05) is 59.4 Å². The van der Waals surface area contributed by atoms with E-state index >= 15 is 0 Å². The molecule has 0 radical (unpaired) electrons. The second-order valence-electron chi connectivity index (χ2n) is 5.82. The Hall–Kier alpha value is -3.36. The Morgan fingerprint density at radius 1 is 1.16 bits per heavy atom. The van der Waals surface area contributed by atoms with Gasteiger partial charge in [0.05, 0.1) is 23.6 Å². The predicted molar refractivity (Wildman–Crippen MR) is 94.0 cm³/mol. The lowest BCUT2D eigenvalue weighted by molar-refractivity contribution is 0.0893. The predicted octanol–water partition coefficient (Wildman–Crippen LogP) is 3.27. The van der Waals surface area contributed by atoms with Gasteiger partial charge in [-0.3, -0.25) is 0 Å². The summed E-state index contributed by atoms with van der Waals surface area (Å²) in [7, 11) is 0. The van der Waals surface area contributed by atoms with Gasteiger partial charge < -0.3 is 9.52 Å². The third-order valence-electron chi connectivity index (χ3n) is 3.87. The molecule has 4 aromatic rings. The molecule has 0 spiro atoms. The highest BCUT2D eigenvalue weighted by Gasteiger charge is 2.25. The molecule has 0 aliphatic carbocycles. The molecule has 5 nitrogen and oxygen atoms in total. The van der Waals surface area contributed by atoms with Gasteiger partial charge in [-0.2, -0.15) is 5.10 Å². The fourth-order valence-electron chi connectivity index (χ4n) is 2.60. The van der Waals surface area contributed by atoms with Gasteiger partial charge >= 0.3 is 0 Å². The molecule has 0 amide bonds. The van der Waals surface area contributed by atoms with E-state index in [0.717, 1.165) is 22.2 Å². The van der Waals surface area contributed by atoms with Gasteiger partial charge in [0, 0.05) is 10.9 Å². The van der Waals surface area contributed by atoms with Crippen LogP contribution in [-0.4, -0.2) is 19.9 Å². The highest BCUT2D eigenvalue weighted by molar-refractivity contribution is 5.80. The van der Waals surface area contributed by atoms with Crippen LogP contribution in [0, 0.1) is 11.8 Å². The average Bonchev–Trinajstić information content (AvgIpc) is 3.30. The van der Waals surface area contributed by atoms with Crippen LogP contribution in [0.15, 0.2) is 71.6 Å². The summed E-state index contributed by atoms with van der Waals surface area (Å²) in [5, 5.41) is 15.9. The number of hydrogen-bond donors (Lipinski definition) is 1. The largest absolute Gasteiger partial charge is 0.445 e. The van der Waals surface area contributed by atoms with Crippen LogP contribution in [0.4, 0.5) is 0 Å². The first-order valence-corrected chi connectivity index (χ1v) is 7.82. The van der Waals surface area contributed by atoms with Crippen LogP contribution in [0.25, 0.3) is 16.6 Å². The number of oxazole rings is 1. The normalized spacial score (nSPS) is 13.2. The zero-order valence-corrected chi connectivity index (χ0v) is 13.5. The minimum Gasteiger partial charge on any atom is -0.445 e. The quantitative estimate of drug-likeness (QED) is 0.573. The fourth-order valence-corrected chi connectivity index (χ4v) is 2.60. The Labute approximate surface area is 144 Å². The zero-order chi connectivity index (χ0) is 17.3. The Morgan fingerprint density at radius 3 is 2.88 bits per heavy atom. The maximum Gasteiger partial charge on any atom is 0.238 e. The first kappa shape index (κ1) is 15.2. The molecule has 25 heavy (non-hydrogen) atoms. The second kappa shape index (κ2) is 5.93. The van der Waals surface area contributed by atoms with Crippen LogP contribution in [0.1, 0.15) is 18.4 Å². The maximum atomic E-state index is 10.4. The van der Waals surface area contributed by atoms with E-state index in [2.05, 4.69) is 21.9 Å². The van der Waals surface area contributed by atoms with Crippen molar-refractivity contribution in [3.63, 3.8) is 0 Å². The molecule has 1 atom stereocenters. The number of aromatic nitrogens is 3. The van der Waals surface area contributed by atoms with Gasteiger partial charge in [-0.25, -0.2) is 9.67 Å². The topological polar surface area (TPSA) is 64.1 Å². The summed E-state index contributed by atoms with van der Waals surface area (Å²) in [6.45, 7) is 1.55. The van der Waals surface area contributed by atoms with Gasteiger partial charge in [0.2, 0.25) is 5.89 Å². The zero-order valence-electron chi connectivity index (χ0n) is 13.5. The van der Waals surface area contributed by atoms with Gasteiger partial charge in [-0.15, -0.1) is 0 Å². The smallest absolute Gasteiger partial charge is 0.238 e. The number of fused-ring (bicyclic) bond motifs is 1. The molecule has 1 N–H and O–H groups in total. The van der Waals surface area contributed by atoms with Crippen molar-refractivity contribution < 1.29 is 9.52 Å². The fraction of sp³-hybridized carbons (Fsp3) is 0.100. The van der Waals surface area contributed by atoms with E-state index in [1.165, 1.54) is 12.5 Å². The molecule has 0 saturated heterocycles.